The zero-order chi connectivity index (χ0) is 14.2. The van der Waals surface area contributed by atoms with Gasteiger partial charge in [0.1, 0.15) is 11.3 Å². The summed E-state index contributed by atoms with van der Waals surface area (Å²) in [5, 5.41) is 4.63. The lowest BCUT2D eigenvalue weighted by Crippen LogP contribution is -2.18. The third-order valence-corrected chi connectivity index (χ3v) is 4.56. The van der Waals surface area contributed by atoms with Crippen LogP contribution >= 0.6 is 0 Å². The van der Waals surface area contributed by atoms with Crippen LogP contribution in [0, 0.1) is 5.92 Å². The minimum atomic E-state index is 0.294. The van der Waals surface area contributed by atoms with E-state index >= 15 is 0 Å². The van der Waals surface area contributed by atoms with Gasteiger partial charge in [-0.2, -0.15) is 0 Å². The second-order valence-electron chi connectivity index (χ2n) is 5.87. The fraction of sp³-hybridized carbons (Fsp3) is 0.263. The quantitative estimate of drug-likeness (QED) is 0.759. The average molecular weight is 277 g/mol. The predicted molar refractivity (Wildman–Crippen MR) is 85.3 cm³/mol. The Kier molecular flexibility index (Phi) is 3.04. The molecule has 0 aliphatic heterocycles. The van der Waals surface area contributed by atoms with Gasteiger partial charge in [-0.1, -0.05) is 48.5 Å². The molecule has 106 valence electrons. The molecule has 1 aromatic heterocycles. The monoisotopic (exact) mass is 277 g/mol. The van der Waals surface area contributed by atoms with Gasteiger partial charge in [0.25, 0.3) is 0 Å². The van der Waals surface area contributed by atoms with Crippen molar-refractivity contribution in [1.29, 1.82) is 0 Å². The molecule has 2 aromatic carbocycles. The normalized spacial score (nSPS) is 22.3. The Balaban J connectivity index is 1.61. The van der Waals surface area contributed by atoms with Crippen molar-refractivity contribution in [3.63, 3.8) is 0 Å². The highest BCUT2D eigenvalue weighted by Crippen LogP contribution is 2.54. The van der Waals surface area contributed by atoms with Crippen molar-refractivity contribution < 1.29 is 4.42 Å². The molecule has 0 bridgehead atoms. The summed E-state index contributed by atoms with van der Waals surface area (Å²) < 4.78 is 6.04. The van der Waals surface area contributed by atoms with E-state index in [0.717, 1.165) is 11.3 Å². The summed E-state index contributed by atoms with van der Waals surface area (Å²) in [5.41, 5.74) is 2.42. The molecule has 3 atom stereocenters. The highest BCUT2D eigenvalue weighted by Gasteiger charge is 2.44. The SMILES string of the molecule is CNC(c1cc2ccccc2o1)C1CC1c1ccccc1. The van der Waals surface area contributed by atoms with Crippen LogP contribution in [-0.4, -0.2) is 7.05 Å². The first-order chi connectivity index (χ1) is 10.4. The molecular weight excluding hydrogens is 258 g/mol. The first-order valence-electron chi connectivity index (χ1n) is 7.57. The Labute approximate surface area is 124 Å². The standard InChI is InChI=1S/C19H19NO/c1-20-19(16-12-15(16)13-7-3-2-4-8-13)18-11-14-9-5-6-10-17(14)21-18/h2-11,15-16,19-20H,12H2,1H3. The number of para-hydroxylation sites is 1. The Morgan fingerprint density at radius 3 is 2.57 bits per heavy atom. The number of furan rings is 1. The van der Waals surface area contributed by atoms with E-state index in [2.05, 4.69) is 53.8 Å². The number of fused-ring (bicyclic) bond motifs is 1. The molecule has 1 fully saturated rings. The van der Waals surface area contributed by atoms with Gasteiger partial charge in [0.15, 0.2) is 0 Å². The van der Waals surface area contributed by atoms with Crippen LogP contribution < -0.4 is 5.32 Å². The second kappa shape index (κ2) is 5.05. The summed E-state index contributed by atoms with van der Waals surface area (Å²) in [6.45, 7) is 0. The van der Waals surface area contributed by atoms with Gasteiger partial charge < -0.3 is 9.73 Å². The van der Waals surface area contributed by atoms with E-state index in [0.29, 0.717) is 17.9 Å². The Hall–Kier alpha value is -2.06. The maximum absolute atomic E-state index is 6.04. The Bertz CT molecular complexity index is 713. The highest BCUT2D eigenvalue weighted by molar-refractivity contribution is 5.77. The third-order valence-electron chi connectivity index (χ3n) is 4.56. The van der Waals surface area contributed by atoms with Crippen molar-refractivity contribution in [2.45, 2.75) is 18.4 Å². The molecule has 21 heavy (non-hydrogen) atoms. The zero-order valence-corrected chi connectivity index (χ0v) is 12.1. The highest BCUT2D eigenvalue weighted by atomic mass is 16.3. The zero-order valence-electron chi connectivity index (χ0n) is 12.1. The molecule has 1 heterocycles. The second-order valence-corrected chi connectivity index (χ2v) is 5.87. The van der Waals surface area contributed by atoms with Crippen LogP contribution in [0.5, 0.6) is 0 Å². The summed E-state index contributed by atoms with van der Waals surface area (Å²) in [4.78, 5) is 0. The molecule has 1 aliphatic carbocycles. The molecule has 2 heteroatoms. The van der Waals surface area contributed by atoms with Gasteiger partial charge in [0.05, 0.1) is 6.04 Å². The van der Waals surface area contributed by atoms with E-state index in [1.807, 2.05) is 19.2 Å². The van der Waals surface area contributed by atoms with Crippen LogP contribution in [0.3, 0.4) is 0 Å². The summed E-state index contributed by atoms with van der Waals surface area (Å²) in [6.07, 6.45) is 1.23. The lowest BCUT2D eigenvalue weighted by Gasteiger charge is -2.13. The van der Waals surface area contributed by atoms with Gasteiger partial charge in [-0.25, -0.2) is 0 Å². The van der Waals surface area contributed by atoms with E-state index < -0.39 is 0 Å². The summed E-state index contributed by atoms with van der Waals surface area (Å²) in [6, 6.07) is 21.5. The molecule has 0 spiro atoms. The van der Waals surface area contributed by atoms with Crippen molar-refractivity contribution in [3.05, 3.63) is 72.0 Å². The minimum Gasteiger partial charge on any atom is -0.459 e. The molecule has 1 aliphatic rings. The summed E-state index contributed by atoms with van der Waals surface area (Å²) in [5.74, 6) is 2.33. The molecule has 4 rings (SSSR count). The predicted octanol–water partition coefficient (Wildman–Crippen LogP) is 4.50. The topological polar surface area (TPSA) is 25.2 Å². The molecule has 1 saturated carbocycles. The van der Waals surface area contributed by atoms with Crippen LogP contribution in [0.1, 0.15) is 29.7 Å². The van der Waals surface area contributed by atoms with Gasteiger partial charge in [-0.3, -0.25) is 0 Å². The Morgan fingerprint density at radius 1 is 1.05 bits per heavy atom. The Morgan fingerprint density at radius 2 is 1.81 bits per heavy atom. The van der Waals surface area contributed by atoms with Gasteiger partial charge >= 0.3 is 0 Å². The lowest BCUT2D eigenvalue weighted by atomic mass is 10.0. The van der Waals surface area contributed by atoms with Gasteiger partial charge in [-0.05, 0) is 43.0 Å². The van der Waals surface area contributed by atoms with E-state index in [1.165, 1.54) is 17.4 Å². The molecule has 0 saturated heterocycles. The van der Waals surface area contributed by atoms with Crippen LogP contribution in [0.15, 0.2) is 65.1 Å². The third kappa shape index (κ3) is 2.26. The lowest BCUT2D eigenvalue weighted by molar-refractivity contribution is 0.414. The fourth-order valence-electron chi connectivity index (χ4n) is 3.39. The molecular formula is C19H19NO. The molecule has 1 N–H and O–H groups in total. The maximum atomic E-state index is 6.04. The van der Waals surface area contributed by atoms with E-state index in [9.17, 15) is 0 Å². The molecule has 2 nitrogen and oxygen atoms in total. The fourth-order valence-corrected chi connectivity index (χ4v) is 3.39. The van der Waals surface area contributed by atoms with E-state index in [1.54, 1.807) is 0 Å². The number of hydrogen-bond acceptors (Lipinski definition) is 2. The first kappa shape index (κ1) is 12.7. The smallest absolute Gasteiger partial charge is 0.134 e. The molecule has 3 aromatic rings. The van der Waals surface area contributed by atoms with Gasteiger partial charge in [0, 0.05) is 5.39 Å². The van der Waals surface area contributed by atoms with Crippen molar-refractivity contribution >= 4 is 11.0 Å². The summed E-state index contributed by atoms with van der Waals surface area (Å²) in [7, 11) is 2.03. The van der Waals surface area contributed by atoms with E-state index in [4.69, 9.17) is 4.42 Å². The first-order valence-corrected chi connectivity index (χ1v) is 7.57. The van der Waals surface area contributed by atoms with Crippen LogP contribution in [0.25, 0.3) is 11.0 Å². The number of nitrogens with one attached hydrogen (secondary N) is 1. The average Bonchev–Trinajstić information content (AvgIpc) is 3.20. The number of benzene rings is 2. The van der Waals surface area contributed by atoms with Crippen molar-refractivity contribution in [1.82, 2.24) is 5.32 Å². The van der Waals surface area contributed by atoms with Crippen molar-refractivity contribution in [2.75, 3.05) is 7.05 Å². The number of hydrogen-bond donors (Lipinski definition) is 1. The van der Waals surface area contributed by atoms with Crippen LogP contribution in [0.4, 0.5) is 0 Å². The molecule has 0 radical (unpaired) electrons. The van der Waals surface area contributed by atoms with Crippen molar-refractivity contribution in [2.24, 2.45) is 5.92 Å². The van der Waals surface area contributed by atoms with Crippen LogP contribution in [0.2, 0.25) is 0 Å². The van der Waals surface area contributed by atoms with E-state index in [-0.39, 0.29) is 0 Å². The van der Waals surface area contributed by atoms with Crippen molar-refractivity contribution in [3.8, 4) is 0 Å². The minimum absolute atomic E-state index is 0.294. The molecule has 0 amide bonds. The number of rotatable bonds is 4. The van der Waals surface area contributed by atoms with Crippen LogP contribution in [-0.2, 0) is 0 Å². The largest absolute Gasteiger partial charge is 0.459 e. The van der Waals surface area contributed by atoms with Gasteiger partial charge in [0.2, 0.25) is 0 Å². The van der Waals surface area contributed by atoms with Gasteiger partial charge in [-0.15, -0.1) is 0 Å². The summed E-state index contributed by atoms with van der Waals surface area (Å²) >= 11 is 0. The maximum Gasteiger partial charge on any atom is 0.134 e. The molecule has 3 unspecified atom stereocenters.